The summed E-state index contributed by atoms with van der Waals surface area (Å²) in [5.41, 5.74) is 0. The first kappa shape index (κ1) is 9.89. The van der Waals surface area contributed by atoms with E-state index in [1.165, 1.54) is 0 Å². The Bertz CT molecular complexity index is 149. The van der Waals surface area contributed by atoms with Crippen molar-refractivity contribution in [2.75, 3.05) is 6.26 Å². The number of aldehydes is 1. The van der Waals surface area contributed by atoms with E-state index in [1.54, 1.807) is 0 Å². The molecule has 60 valence electrons. The zero-order valence-corrected chi connectivity index (χ0v) is 7.99. The molecule has 0 aliphatic rings. The van der Waals surface area contributed by atoms with Gasteiger partial charge in [0.2, 0.25) is 0 Å². The predicted octanol–water partition coefficient (Wildman–Crippen LogP) is 1.93. The van der Waals surface area contributed by atoms with E-state index in [2.05, 4.69) is 26.0 Å². The largest absolute Gasteiger partial charge is 0.303 e. The Morgan fingerprint density at radius 1 is 1.60 bits per heavy atom. The van der Waals surface area contributed by atoms with E-state index in [4.69, 9.17) is 0 Å². The van der Waals surface area contributed by atoms with E-state index in [0.717, 1.165) is 6.29 Å². The van der Waals surface area contributed by atoms with Crippen molar-refractivity contribution in [1.29, 1.82) is 0 Å². The highest BCUT2D eigenvalue weighted by atomic mass is 32.2. The standard InChI is InChI=1S/C8H16OS/c1-7(6-9)8(2,3)10(4)5/h6-7H,4H2,1-3,5H3. The van der Waals surface area contributed by atoms with Crippen molar-refractivity contribution in [2.45, 2.75) is 25.5 Å². The summed E-state index contributed by atoms with van der Waals surface area (Å²) < 4.78 is 0.0573. The normalized spacial score (nSPS) is 18.0. The molecule has 0 rings (SSSR count). The summed E-state index contributed by atoms with van der Waals surface area (Å²) >= 11 is 0. The van der Waals surface area contributed by atoms with Crippen molar-refractivity contribution in [3.8, 4) is 0 Å². The van der Waals surface area contributed by atoms with Crippen LogP contribution in [0.4, 0.5) is 0 Å². The summed E-state index contributed by atoms with van der Waals surface area (Å²) in [4.78, 5) is 10.4. The molecule has 0 fully saturated rings. The number of hydrogen-bond acceptors (Lipinski definition) is 1. The maximum atomic E-state index is 10.4. The molecule has 0 aromatic heterocycles. The Hall–Kier alpha value is -0.110. The van der Waals surface area contributed by atoms with Crippen LogP contribution in [0.15, 0.2) is 0 Å². The fourth-order valence-corrected chi connectivity index (χ4v) is 1.17. The Morgan fingerprint density at radius 2 is 2.00 bits per heavy atom. The molecule has 0 aromatic carbocycles. The lowest BCUT2D eigenvalue weighted by atomic mass is 9.99. The van der Waals surface area contributed by atoms with Crippen molar-refractivity contribution < 1.29 is 4.79 Å². The minimum atomic E-state index is 0.0573. The lowest BCUT2D eigenvalue weighted by Crippen LogP contribution is -2.27. The first-order valence-electron chi connectivity index (χ1n) is 3.34. The summed E-state index contributed by atoms with van der Waals surface area (Å²) in [5, 5.41) is 0. The minimum Gasteiger partial charge on any atom is -0.303 e. The highest BCUT2D eigenvalue weighted by Crippen LogP contribution is 2.33. The van der Waals surface area contributed by atoms with Gasteiger partial charge in [0.25, 0.3) is 0 Å². The molecule has 2 atom stereocenters. The van der Waals surface area contributed by atoms with Crippen LogP contribution < -0.4 is 0 Å². The van der Waals surface area contributed by atoms with E-state index in [0.29, 0.717) is 0 Å². The Balaban J connectivity index is 4.38. The minimum absolute atomic E-state index is 0.0573. The van der Waals surface area contributed by atoms with E-state index >= 15 is 0 Å². The third-order valence-corrected chi connectivity index (χ3v) is 4.37. The van der Waals surface area contributed by atoms with Crippen LogP contribution in [0.25, 0.3) is 0 Å². The van der Waals surface area contributed by atoms with Crippen LogP contribution in [0.3, 0.4) is 0 Å². The van der Waals surface area contributed by atoms with Gasteiger partial charge in [0.05, 0.1) is 0 Å². The smallest absolute Gasteiger partial charge is 0.124 e. The fraction of sp³-hybridized carbons (Fsp3) is 0.750. The predicted molar refractivity (Wildman–Crippen MR) is 49.9 cm³/mol. The van der Waals surface area contributed by atoms with Crippen LogP contribution >= 0.6 is 10.5 Å². The van der Waals surface area contributed by atoms with Crippen LogP contribution in [0.2, 0.25) is 0 Å². The zero-order valence-electron chi connectivity index (χ0n) is 7.18. The first-order chi connectivity index (χ1) is 4.42. The quantitative estimate of drug-likeness (QED) is 0.455. The number of carbonyl (C=O) groups excluding carboxylic acids is 1. The maximum Gasteiger partial charge on any atom is 0.124 e. The van der Waals surface area contributed by atoms with Crippen LogP contribution in [0.5, 0.6) is 0 Å². The summed E-state index contributed by atoms with van der Waals surface area (Å²) in [6.07, 6.45) is 3.08. The molecule has 0 heterocycles. The zero-order chi connectivity index (χ0) is 8.36. The molecular weight excluding hydrogens is 144 g/mol. The Morgan fingerprint density at radius 3 is 2.10 bits per heavy atom. The summed E-state index contributed by atoms with van der Waals surface area (Å²) in [7, 11) is 0.0629. The SMILES string of the molecule is C=S(C)C(C)(C)C(C)C=O. The monoisotopic (exact) mass is 160 g/mol. The number of carbonyl (C=O) groups is 1. The third-order valence-electron chi connectivity index (χ3n) is 2.20. The van der Waals surface area contributed by atoms with Crippen LogP contribution in [-0.2, 0) is 4.79 Å². The second kappa shape index (κ2) is 3.33. The van der Waals surface area contributed by atoms with Crippen LogP contribution in [-0.4, -0.2) is 23.2 Å². The summed E-state index contributed by atoms with van der Waals surface area (Å²) in [6.45, 7) is 6.12. The second-order valence-electron chi connectivity index (χ2n) is 3.17. The first-order valence-corrected chi connectivity index (χ1v) is 5.14. The van der Waals surface area contributed by atoms with Gasteiger partial charge in [0.15, 0.2) is 0 Å². The van der Waals surface area contributed by atoms with Crippen molar-refractivity contribution in [3.05, 3.63) is 0 Å². The molecular formula is C8H16OS. The Kier molecular flexibility index (Phi) is 3.29. The lowest BCUT2D eigenvalue weighted by Gasteiger charge is -2.29. The molecule has 1 nitrogen and oxygen atoms in total. The molecule has 0 aromatic rings. The van der Waals surface area contributed by atoms with Gasteiger partial charge in [-0.3, -0.25) is 0 Å². The molecule has 0 saturated carbocycles. The summed E-state index contributed by atoms with van der Waals surface area (Å²) in [5.74, 6) is 4.06. The van der Waals surface area contributed by atoms with E-state index in [1.807, 2.05) is 6.92 Å². The topological polar surface area (TPSA) is 17.1 Å². The Labute approximate surface area is 65.8 Å². The van der Waals surface area contributed by atoms with E-state index < -0.39 is 0 Å². The molecule has 0 saturated heterocycles. The molecule has 10 heavy (non-hydrogen) atoms. The van der Waals surface area contributed by atoms with Crippen molar-refractivity contribution >= 4 is 22.6 Å². The fourth-order valence-electron chi connectivity index (χ4n) is 0.481. The molecule has 0 spiro atoms. The van der Waals surface area contributed by atoms with Gasteiger partial charge in [0, 0.05) is 10.7 Å². The average Bonchev–Trinajstić information content (AvgIpc) is 1.86. The second-order valence-corrected chi connectivity index (χ2v) is 5.49. The number of rotatable bonds is 3. The van der Waals surface area contributed by atoms with Gasteiger partial charge in [-0.1, -0.05) is 26.6 Å². The highest BCUT2D eigenvalue weighted by Gasteiger charge is 2.25. The van der Waals surface area contributed by atoms with Crippen molar-refractivity contribution in [3.63, 3.8) is 0 Å². The average molecular weight is 160 g/mol. The van der Waals surface area contributed by atoms with Gasteiger partial charge < -0.3 is 4.79 Å². The highest BCUT2D eigenvalue weighted by molar-refractivity contribution is 8.14. The molecule has 0 N–H and O–H groups in total. The molecule has 2 heteroatoms. The van der Waals surface area contributed by atoms with E-state index in [9.17, 15) is 4.79 Å². The molecule has 0 amide bonds. The van der Waals surface area contributed by atoms with Gasteiger partial charge in [-0.15, -0.1) is 0 Å². The van der Waals surface area contributed by atoms with Gasteiger partial charge in [-0.25, -0.2) is 0 Å². The van der Waals surface area contributed by atoms with Crippen LogP contribution in [0, 0.1) is 5.92 Å². The molecule has 0 aliphatic carbocycles. The third kappa shape index (κ3) is 1.94. The molecule has 2 unspecified atom stereocenters. The molecule has 0 radical (unpaired) electrons. The molecule has 0 aliphatic heterocycles. The van der Waals surface area contributed by atoms with Gasteiger partial charge in [-0.2, -0.15) is 10.5 Å². The van der Waals surface area contributed by atoms with Crippen molar-refractivity contribution in [2.24, 2.45) is 5.92 Å². The summed E-state index contributed by atoms with van der Waals surface area (Å²) in [6, 6.07) is 0. The van der Waals surface area contributed by atoms with Crippen LogP contribution in [0.1, 0.15) is 20.8 Å². The van der Waals surface area contributed by atoms with E-state index in [-0.39, 0.29) is 21.1 Å². The molecule has 0 bridgehead atoms. The van der Waals surface area contributed by atoms with Gasteiger partial charge in [0.1, 0.15) is 6.29 Å². The maximum absolute atomic E-state index is 10.4. The van der Waals surface area contributed by atoms with Gasteiger partial charge >= 0.3 is 0 Å². The van der Waals surface area contributed by atoms with Gasteiger partial charge in [-0.05, 0) is 6.26 Å². The lowest BCUT2D eigenvalue weighted by molar-refractivity contribution is -0.111. The number of hydrogen-bond donors (Lipinski definition) is 0. The van der Waals surface area contributed by atoms with Crippen molar-refractivity contribution in [1.82, 2.24) is 0 Å².